The highest BCUT2D eigenvalue weighted by atomic mass is 16.6. The minimum Gasteiger partial charge on any atom is -0.450 e. The molecule has 1 aliphatic carbocycles. The summed E-state index contributed by atoms with van der Waals surface area (Å²) in [4.78, 5) is 16.2. The van der Waals surface area contributed by atoms with E-state index < -0.39 is 0 Å². The maximum Gasteiger partial charge on any atom is 0.409 e. The van der Waals surface area contributed by atoms with Gasteiger partial charge in [-0.1, -0.05) is 30.3 Å². The lowest BCUT2D eigenvalue weighted by Gasteiger charge is -2.39. The summed E-state index contributed by atoms with van der Waals surface area (Å²) in [7, 11) is 1.84. The van der Waals surface area contributed by atoms with E-state index in [2.05, 4.69) is 23.1 Å². The highest BCUT2D eigenvalue weighted by molar-refractivity contribution is 5.67. The van der Waals surface area contributed by atoms with Gasteiger partial charge in [0.15, 0.2) is 0 Å². The number of rotatable bonds is 4. The third kappa shape index (κ3) is 3.71. The third-order valence-corrected chi connectivity index (χ3v) is 6.16. The largest absolute Gasteiger partial charge is 0.450 e. The Balaban J connectivity index is 1.57. The molecular weight excluding hydrogens is 326 g/mol. The Hall–Kier alpha value is -2.06. The predicted molar refractivity (Wildman–Crippen MR) is 101 cm³/mol. The fraction of sp³-hybridized carbons (Fsp3) is 0.619. The average Bonchev–Trinajstić information content (AvgIpc) is 3.18. The van der Waals surface area contributed by atoms with E-state index in [1.807, 2.05) is 32.2 Å². The summed E-state index contributed by atoms with van der Waals surface area (Å²) in [6.45, 7) is 4.18. The molecule has 5 heteroatoms. The number of nitrogens with zero attached hydrogens (tertiary/aromatic N) is 3. The number of amides is 1. The summed E-state index contributed by atoms with van der Waals surface area (Å²) in [5.41, 5.74) is 0.820. The molecule has 5 nitrogen and oxygen atoms in total. The van der Waals surface area contributed by atoms with Crippen LogP contribution in [0.1, 0.15) is 44.6 Å². The minimum absolute atomic E-state index is 0.226. The Kier molecular flexibility index (Phi) is 5.83. The van der Waals surface area contributed by atoms with Gasteiger partial charge in [0.2, 0.25) is 0 Å². The summed E-state index contributed by atoms with van der Waals surface area (Å²) < 4.78 is 5.12. The zero-order valence-electron chi connectivity index (χ0n) is 15.9. The molecule has 1 heterocycles. The van der Waals surface area contributed by atoms with Gasteiger partial charge in [0.1, 0.15) is 0 Å². The molecule has 1 aliphatic heterocycles. The molecular formula is C21H29N3O2. The van der Waals surface area contributed by atoms with Gasteiger partial charge in [-0.15, -0.1) is 0 Å². The number of likely N-dealkylation sites (N-methyl/N-ethyl adjacent to an activating group) is 1. The Bertz CT molecular complexity index is 647. The van der Waals surface area contributed by atoms with E-state index in [1.165, 1.54) is 0 Å². The number of carbonyl (C=O) groups is 1. The number of carbonyl (C=O) groups excluding carboxylic acids is 1. The second-order valence-electron chi connectivity index (χ2n) is 7.54. The Labute approximate surface area is 156 Å². The molecule has 0 N–H and O–H groups in total. The van der Waals surface area contributed by atoms with Crippen LogP contribution in [-0.2, 0) is 10.2 Å². The zero-order valence-corrected chi connectivity index (χ0v) is 15.9. The van der Waals surface area contributed by atoms with Crippen molar-refractivity contribution in [1.82, 2.24) is 9.80 Å². The molecule has 1 saturated carbocycles. The predicted octanol–water partition coefficient (Wildman–Crippen LogP) is 3.55. The van der Waals surface area contributed by atoms with Crippen molar-refractivity contribution in [2.24, 2.45) is 0 Å². The number of hydrogen-bond acceptors (Lipinski definition) is 4. The first-order chi connectivity index (χ1) is 12.6. The molecule has 0 bridgehead atoms. The van der Waals surface area contributed by atoms with Crippen LogP contribution in [0.25, 0.3) is 0 Å². The Morgan fingerprint density at radius 2 is 2.00 bits per heavy atom. The van der Waals surface area contributed by atoms with Crippen LogP contribution >= 0.6 is 0 Å². The van der Waals surface area contributed by atoms with Crippen LogP contribution < -0.4 is 0 Å². The lowest BCUT2D eigenvalue weighted by molar-refractivity contribution is 0.0981. The van der Waals surface area contributed by atoms with Crippen molar-refractivity contribution in [2.45, 2.75) is 56.5 Å². The van der Waals surface area contributed by atoms with Gasteiger partial charge in [-0.2, -0.15) is 5.26 Å². The second-order valence-corrected chi connectivity index (χ2v) is 7.54. The highest BCUT2D eigenvalue weighted by Gasteiger charge is 2.40. The monoisotopic (exact) mass is 355 g/mol. The van der Waals surface area contributed by atoms with Crippen LogP contribution in [0, 0.1) is 11.3 Å². The van der Waals surface area contributed by atoms with E-state index in [9.17, 15) is 10.1 Å². The van der Waals surface area contributed by atoms with Crippen LogP contribution in [0.3, 0.4) is 0 Å². The molecule has 0 radical (unpaired) electrons. The van der Waals surface area contributed by atoms with Crippen LogP contribution in [0.15, 0.2) is 30.3 Å². The van der Waals surface area contributed by atoms with Crippen LogP contribution in [0.5, 0.6) is 0 Å². The Morgan fingerprint density at radius 3 is 2.62 bits per heavy atom. The summed E-state index contributed by atoms with van der Waals surface area (Å²) in [6.07, 6.45) is 4.67. The van der Waals surface area contributed by atoms with Crippen molar-refractivity contribution in [3.63, 3.8) is 0 Å². The lowest BCUT2D eigenvalue weighted by Crippen LogP contribution is -2.44. The first kappa shape index (κ1) is 18.7. The Morgan fingerprint density at radius 1 is 1.31 bits per heavy atom. The molecule has 1 atom stereocenters. The lowest BCUT2D eigenvalue weighted by atomic mass is 9.69. The number of likely N-dealkylation sites (tertiary alicyclic amines) is 1. The molecule has 2 fully saturated rings. The minimum atomic E-state index is -0.335. The van der Waals surface area contributed by atoms with E-state index in [0.29, 0.717) is 12.6 Å². The summed E-state index contributed by atoms with van der Waals surface area (Å²) in [6, 6.07) is 13.6. The smallest absolute Gasteiger partial charge is 0.409 e. The normalized spacial score (nSPS) is 29.1. The van der Waals surface area contributed by atoms with Crippen molar-refractivity contribution in [1.29, 1.82) is 5.26 Å². The van der Waals surface area contributed by atoms with Crippen molar-refractivity contribution < 1.29 is 9.53 Å². The van der Waals surface area contributed by atoms with Crippen molar-refractivity contribution in [3.05, 3.63) is 35.9 Å². The molecule has 1 amide bonds. The van der Waals surface area contributed by atoms with Gasteiger partial charge in [-0.25, -0.2) is 4.79 Å². The van der Waals surface area contributed by atoms with E-state index in [4.69, 9.17) is 4.74 Å². The van der Waals surface area contributed by atoms with Gasteiger partial charge >= 0.3 is 6.09 Å². The average molecular weight is 355 g/mol. The molecule has 0 unspecified atom stereocenters. The quantitative estimate of drug-likeness (QED) is 0.829. The molecule has 0 aromatic heterocycles. The summed E-state index contributed by atoms with van der Waals surface area (Å²) in [5.74, 6) is 0. The van der Waals surface area contributed by atoms with Crippen LogP contribution in [0.4, 0.5) is 4.79 Å². The second kappa shape index (κ2) is 8.09. The molecule has 3 rings (SSSR count). The van der Waals surface area contributed by atoms with E-state index in [-0.39, 0.29) is 17.6 Å². The summed E-state index contributed by atoms with van der Waals surface area (Å²) in [5, 5.41) is 9.85. The van der Waals surface area contributed by atoms with Crippen molar-refractivity contribution in [2.75, 3.05) is 26.7 Å². The summed E-state index contributed by atoms with van der Waals surface area (Å²) >= 11 is 0. The molecule has 1 saturated heterocycles. The third-order valence-electron chi connectivity index (χ3n) is 6.16. The van der Waals surface area contributed by atoms with Gasteiger partial charge < -0.3 is 9.64 Å². The van der Waals surface area contributed by atoms with Gasteiger partial charge in [0.05, 0.1) is 18.1 Å². The zero-order chi connectivity index (χ0) is 18.6. The fourth-order valence-corrected chi connectivity index (χ4v) is 4.47. The maximum absolute atomic E-state index is 11.9. The van der Waals surface area contributed by atoms with Gasteiger partial charge in [0.25, 0.3) is 0 Å². The van der Waals surface area contributed by atoms with E-state index in [0.717, 1.165) is 50.8 Å². The van der Waals surface area contributed by atoms with Crippen LogP contribution in [-0.4, -0.2) is 54.7 Å². The topological polar surface area (TPSA) is 56.6 Å². The molecule has 140 valence electrons. The molecule has 26 heavy (non-hydrogen) atoms. The number of nitriles is 1. The number of hydrogen-bond donors (Lipinski definition) is 0. The molecule has 1 aromatic carbocycles. The van der Waals surface area contributed by atoms with Crippen molar-refractivity contribution in [3.8, 4) is 6.07 Å². The van der Waals surface area contributed by atoms with Crippen molar-refractivity contribution >= 4 is 6.09 Å². The SMILES string of the molecule is CCOC(=O)N(C)[C@H]1CCN(C2CCC(C#N)(c3ccccc3)CC2)C1. The molecule has 0 spiro atoms. The first-order valence-electron chi connectivity index (χ1n) is 9.70. The van der Waals surface area contributed by atoms with Gasteiger partial charge in [-0.3, -0.25) is 4.90 Å². The van der Waals surface area contributed by atoms with E-state index >= 15 is 0 Å². The number of benzene rings is 1. The number of ether oxygens (including phenoxy) is 1. The molecule has 2 aliphatic rings. The first-order valence-corrected chi connectivity index (χ1v) is 9.70. The van der Waals surface area contributed by atoms with Gasteiger partial charge in [-0.05, 0) is 44.6 Å². The van der Waals surface area contributed by atoms with Crippen LogP contribution in [0.2, 0.25) is 0 Å². The maximum atomic E-state index is 11.9. The standard InChI is InChI=1S/C21H29N3O2/c1-3-26-20(25)23(2)19-11-14-24(15-19)18-9-12-21(16-22,13-10-18)17-7-5-4-6-8-17/h4-8,18-19H,3,9-15H2,1-2H3/t18?,19-,21?/m0/s1. The van der Waals surface area contributed by atoms with E-state index in [1.54, 1.807) is 4.90 Å². The van der Waals surface area contributed by atoms with Gasteiger partial charge in [0, 0.05) is 32.2 Å². The highest BCUT2D eigenvalue weighted by Crippen LogP contribution is 2.41. The fourth-order valence-electron chi connectivity index (χ4n) is 4.47. The molecule has 1 aromatic rings.